The first-order chi connectivity index (χ1) is 1.91. The topological polar surface area (TPSA) is 52.0 Å². The third-order valence-electron chi connectivity index (χ3n) is 0.167. The van der Waals surface area contributed by atoms with Crippen molar-refractivity contribution >= 4 is 23.1 Å². The standard InChI is InChI=1S/C2H8N2.Mg.Na.3H/c3-1-2-4;;;;;/h1-4H2;;;;;/q;+2;+1;3*-1. The van der Waals surface area contributed by atoms with Gasteiger partial charge in [0.05, 0.1) is 0 Å². The molecule has 0 spiro atoms. The van der Waals surface area contributed by atoms with Crippen molar-refractivity contribution < 1.29 is 33.8 Å². The normalized spacial score (nSPS) is 5.00. The Morgan fingerprint density at radius 3 is 1.33 bits per heavy atom. The Kier molecular flexibility index (Phi) is 41.5. The van der Waals surface area contributed by atoms with E-state index in [-0.39, 0.29) is 56.9 Å². The Hall–Kier alpha value is 1.69. The van der Waals surface area contributed by atoms with Crippen LogP contribution >= 0.6 is 0 Å². The Morgan fingerprint density at radius 2 is 1.33 bits per heavy atom. The Morgan fingerprint density at radius 1 is 1.17 bits per heavy atom. The van der Waals surface area contributed by atoms with Crippen LogP contribution in [0, 0.1) is 0 Å². The van der Waals surface area contributed by atoms with Gasteiger partial charge >= 0.3 is 52.6 Å². The maximum atomic E-state index is 4.90. The predicted octanol–water partition coefficient (Wildman–Crippen LogP) is -4.14. The molecule has 0 aromatic heterocycles. The van der Waals surface area contributed by atoms with Gasteiger partial charge in [-0.1, -0.05) is 0 Å². The molecular weight excluding hydrogens is 99.3 g/mol. The zero-order valence-electron chi connectivity index (χ0n) is 7.28. The minimum atomic E-state index is 0. The van der Waals surface area contributed by atoms with Crippen LogP contribution < -0.4 is 41.0 Å². The van der Waals surface area contributed by atoms with E-state index in [0.29, 0.717) is 13.1 Å². The van der Waals surface area contributed by atoms with E-state index in [0.717, 1.165) is 0 Å². The predicted molar refractivity (Wildman–Crippen MR) is 27.2 cm³/mol. The summed E-state index contributed by atoms with van der Waals surface area (Å²) in [5.74, 6) is 0. The molecule has 6 heavy (non-hydrogen) atoms. The molecule has 0 amide bonds. The van der Waals surface area contributed by atoms with E-state index in [1.807, 2.05) is 0 Å². The van der Waals surface area contributed by atoms with Crippen molar-refractivity contribution in [2.75, 3.05) is 13.1 Å². The molecule has 4 heteroatoms. The summed E-state index contributed by atoms with van der Waals surface area (Å²) >= 11 is 0. The van der Waals surface area contributed by atoms with Gasteiger partial charge in [-0.25, -0.2) is 0 Å². The van der Waals surface area contributed by atoms with E-state index in [4.69, 9.17) is 11.5 Å². The molecular formula is C2H11MgN2Na. The van der Waals surface area contributed by atoms with Crippen LogP contribution in [0.4, 0.5) is 0 Å². The first-order valence-corrected chi connectivity index (χ1v) is 1.32. The van der Waals surface area contributed by atoms with Crippen molar-refractivity contribution in [2.45, 2.75) is 0 Å². The molecule has 0 saturated heterocycles. The fraction of sp³-hybridized carbons (Fsp3) is 1.00. The van der Waals surface area contributed by atoms with E-state index in [1.165, 1.54) is 0 Å². The maximum absolute atomic E-state index is 4.90. The summed E-state index contributed by atoms with van der Waals surface area (Å²) in [6.45, 7) is 1.19. The third kappa shape index (κ3) is 17.3. The maximum Gasteiger partial charge on any atom is 2.00 e. The quantitative estimate of drug-likeness (QED) is 0.337. The van der Waals surface area contributed by atoms with Crippen LogP contribution in [0.1, 0.15) is 4.28 Å². The molecule has 0 fully saturated rings. The molecule has 0 aliphatic heterocycles. The minimum Gasteiger partial charge on any atom is -1.00 e. The van der Waals surface area contributed by atoms with E-state index < -0.39 is 0 Å². The number of nitrogens with two attached hydrogens (primary N) is 2. The Labute approximate surface area is 80.9 Å². The summed E-state index contributed by atoms with van der Waals surface area (Å²) in [6, 6.07) is 0. The van der Waals surface area contributed by atoms with E-state index in [1.54, 1.807) is 0 Å². The van der Waals surface area contributed by atoms with Crippen LogP contribution in [-0.4, -0.2) is 36.1 Å². The molecule has 0 aromatic rings. The van der Waals surface area contributed by atoms with Crippen LogP contribution in [0.3, 0.4) is 0 Å². The van der Waals surface area contributed by atoms with Gasteiger partial charge in [-0.05, 0) is 0 Å². The van der Waals surface area contributed by atoms with E-state index >= 15 is 0 Å². The molecule has 32 valence electrons. The molecule has 2 nitrogen and oxygen atoms in total. The van der Waals surface area contributed by atoms with Crippen LogP contribution in [0.5, 0.6) is 0 Å². The molecule has 0 aliphatic carbocycles. The van der Waals surface area contributed by atoms with Crippen molar-refractivity contribution in [3.05, 3.63) is 0 Å². The second-order valence-corrected chi connectivity index (χ2v) is 0.577. The number of hydrogen-bond acceptors (Lipinski definition) is 2. The minimum absolute atomic E-state index is 0. The van der Waals surface area contributed by atoms with Crippen LogP contribution in [0.15, 0.2) is 0 Å². The second-order valence-electron chi connectivity index (χ2n) is 0.577. The molecule has 0 aromatic carbocycles. The van der Waals surface area contributed by atoms with Crippen molar-refractivity contribution in [3.63, 3.8) is 0 Å². The van der Waals surface area contributed by atoms with Gasteiger partial charge in [0.25, 0.3) is 0 Å². The largest absolute Gasteiger partial charge is 2.00 e. The second kappa shape index (κ2) is 15.9. The molecule has 0 atom stereocenters. The molecule has 0 unspecified atom stereocenters. The van der Waals surface area contributed by atoms with Crippen molar-refractivity contribution in [3.8, 4) is 0 Å². The van der Waals surface area contributed by atoms with Gasteiger partial charge in [-0.2, -0.15) is 0 Å². The SMILES string of the molecule is NCCN.[H-].[H-].[H-].[Mg+2].[Na+]. The van der Waals surface area contributed by atoms with Gasteiger partial charge in [0.2, 0.25) is 0 Å². The summed E-state index contributed by atoms with van der Waals surface area (Å²) in [4.78, 5) is 0. The zero-order chi connectivity index (χ0) is 3.41. The van der Waals surface area contributed by atoms with Gasteiger partial charge in [0.15, 0.2) is 0 Å². The van der Waals surface area contributed by atoms with Crippen molar-refractivity contribution in [1.29, 1.82) is 0 Å². The average molecular weight is 110 g/mol. The third-order valence-corrected chi connectivity index (χ3v) is 0.167. The number of hydrogen-bond donors (Lipinski definition) is 2. The fourth-order valence-corrected chi connectivity index (χ4v) is 0. The van der Waals surface area contributed by atoms with Crippen LogP contribution in [0.2, 0.25) is 0 Å². The molecule has 0 aliphatic rings. The van der Waals surface area contributed by atoms with Crippen LogP contribution in [-0.2, 0) is 0 Å². The average Bonchev–Trinajstić information content (AvgIpc) is 1.37. The molecule has 0 heterocycles. The molecule has 0 rings (SSSR count). The molecule has 4 N–H and O–H groups in total. The first-order valence-electron chi connectivity index (χ1n) is 1.32. The summed E-state index contributed by atoms with van der Waals surface area (Å²) in [7, 11) is 0. The van der Waals surface area contributed by atoms with Gasteiger partial charge in [0, 0.05) is 13.1 Å². The van der Waals surface area contributed by atoms with Gasteiger partial charge < -0.3 is 15.7 Å². The first kappa shape index (κ1) is 15.6. The summed E-state index contributed by atoms with van der Waals surface area (Å²) < 4.78 is 0. The summed E-state index contributed by atoms with van der Waals surface area (Å²) in [6.07, 6.45) is 0. The molecule has 0 radical (unpaired) electrons. The van der Waals surface area contributed by atoms with Gasteiger partial charge in [0.1, 0.15) is 0 Å². The smallest absolute Gasteiger partial charge is 1.00 e. The Bertz CT molecular complexity index is 21.8. The van der Waals surface area contributed by atoms with E-state index in [2.05, 4.69) is 0 Å². The van der Waals surface area contributed by atoms with Crippen molar-refractivity contribution in [1.82, 2.24) is 0 Å². The van der Waals surface area contributed by atoms with Crippen LogP contribution in [0.25, 0.3) is 0 Å². The summed E-state index contributed by atoms with van der Waals surface area (Å²) in [5.41, 5.74) is 9.81. The number of rotatable bonds is 1. The van der Waals surface area contributed by atoms with Gasteiger partial charge in [-0.15, -0.1) is 0 Å². The molecule has 0 saturated carbocycles. The summed E-state index contributed by atoms with van der Waals surface area (Å²) in [5, 5.41) is 0. The monoisotopic (exact) mass is 110 g/mol. The zero-order valence-corrected chi connectivity index (χ0v) is 7.69. The van der Waals surface area contributed by atoms with Crippen molar-refractivity contribution in [2.24, 2.45) is 11.5 Å². The Balaban J connectivity index is -0.00000000450. The fourth-order valence-electron chi connectivity index (χ4n) is 0. The molecule has 0 bridgehead atoms. The van der Waals surface area contributed by atoms with E-state index in [9.17, 15) is 0 Å². The van der Waals surface area contributed by atoms with Gasteiger partial charge in [-0.3, -0.25) is 0 Å².